The maximum absolute atomic E-state index is 4.97. The van der Waals surface area contributed by atoms with E-state index in [4.69, 9.17) is 9.97 Å². The molecule has 0 aliphatic rings. The van der Waals surface area contributed by atoms with E-state index < -0.39 is 0 Å². The van der Waals surface area contributed by atoms with Gasteiger partial charge in [-0.1, -0.05) is 120 Å². The molecule has 0 unspecified atom stereocenters. The average Bonchev–Trinajstić information content (AvgIpc) is 3.76. The summed E-state index contributed by atoms with van der Waals surface area (Å²) in [6.45, 7) is 1.78. The van der Waals surface area contributed by atoms with E-state index in [9.17, 15) is 0 Å². The molecular weight excluding hydrogens is 589 g/mol. The molecule has 214 valence electrons. The van der Waals surface area contributed by atoms with Crippen molar-refractivity contribution in [1.29, 1.82) is 0 Å². The fourth-order valence-electron chi connectivity index (χ4n) is 5.31. The van der Waals surface area contributed by atoms with Crippen molar-refractivity contribution < 1.29 is 0 Å². The number of fused-ring (bicyclic) bond motifs is 2. The number of hydrogen-bond donors (Lipinski definition) is 0. The van der Waals surface area contributed by atoms with Crippen LogP contribution in [-0.2, 0) is 37.4 Å². The van der Waals surface area contributed by atoms with Gasteiger partial charge in [-0.3, -0.25) is 0 Å². The van der Waals surface area contributed by atoms with E-state index in [0.717, 1.165) is 68.8 Å². The van der Waals surface area contributed by atoms with Crippen molar-refractivity contribution in [2.75, 3.05) is 0 Å². The molecule has 3 aromatic heterocycles. The minimum absolute atomic E-state index is 0.748. The van der Waals surface area contributed by atoms with Crippen LogP contribution in [0.3, 0.4) is 0 Å². The first-order valence-corrected chi connectivity index (χ1v) is 17.1. The predicted octanol–water partition coefficient (Wildman–Crippen LogP) is 8.31. The highest BCUT2D eigenvalue weighted by Gasteiger charge is 2.15. The molecule has 3 heterocycles. The first kappa shape index (κ1) is 27.9. The zero-order chi connectivity index (χ0) is 28.8. The van der Waals surface area contributed by atoms with Gasteiger partial charge in [-0.2, -0.15) is 0 Å². The minimum Gasteiger partial charge on any atom is -0.327 e. The number of nitrogens with zero attached hydrogens (tertiary/aromatic N) is 6. The van der Waals surface area contributed by atoms with Gasteiger partial charge in [0.2, 0.25) is 0 Å². The molecule has 7 rings (SSSR count). The van der Waals surface area contributed by atoms with E-state index in [-0.39, 0.29) is 0 Å². The molecule has 0 atom stereocenters. The fraction of sp³-hybridized carbons (Fsp3) is 0.176. The van der Waals surface area contributed by atoms with Crippen molar-refractivity contribution in [2.24, 2.45) is 0 Å². The predicted molar refractivity (Wildman–Crippen MR) is 179 cm³/mol. The second-order valence-corrected chi connectivity index (χ2v) is 13.6. The van der Waals surface area contributed by atoms with Gasteiger partial charge >= 0.3 is 0 Å². The number of hydrogen-bond acceptors (Lipinski definition) is 7. The second kappa shape index (κ2) is 13.2. The van der Waals surface area contributed by atoms with Gasteiger partial charge in [-0.25, -0.2) is 9.97 Å². The molecule has 7 aromatic rings. The number of benzene rings is 4. The van der Waals surface area contributed by atoms with Crippen LogP contribution in [0, 0.1) is 0 Å². The van der Waals surface area contributed by atoms with E-state index in [1.165, 1.54) is 22.2 Å². The summed E-state index contributed by atoms with van der Waals surface area (Å²) in [6.07, 6.45) is 1.93. The van der Waals surface area contributed by atoms with Crippen LogP contribution in [0.4, 0.5) is 0 Å². The molecular formula is C34H30N6S3. The number of aromatic nitrogens is 6. The highest BCUT2D eigenvalue weighted by molar-refractivity contribution is 8.02. The van der Waals surface area contributed by atoms with Gasteiger partial charge in [0, 0.05) is 13.1 Å². The Bertz CT molecular complexity index is 1810. The minimum atomic E-state index is 0.748. The van der Waals surface area contributed by atoms with Gasteiger partial charge in [0.05, 0.1) is 33.6 Å². The van der Waals surface area contributed by atoms with E-state index in [0.29, 0.717) is 0 Å². The Hall–Kier alpha value is -3.92. The van der Waals surface area contributed by atoms with Crippen molar-refractivity contribution in [3.05, 3.63) is 132 Å². The summed E-state index contributed by atoms with van der Waals surface area (Å²) in [4.78, 5) is 9.95. The first-order valence-electron chi connectivity index (χ1n) is 14.4. The number of thioether (sulfide) groups is 2. The molecule has 9 heteroatoms. The number of para-hydroxylation sites is 4. The van der Waals surface area contributed by atoms with Gasteiger partial charge < -0.3 is 9.13 Å². The van der Waals surface area contributed by atoms with E-state index >= 15 is 0 Å². The molecule has 0 bridgehead atoms. The lowest BCUT2D eigenvalue weighted by Gasteiger charge is -2.09. The molecule has 0 fully saturated rings. The monoisotopic (exact) mass is 618 g/mol. The smallest absolute Gasteiger partial charge is 0.175 e. The van der Waals surface area contributed by atoms with Crippen LogP contribution in [0.15, 0.2) is 118 Å². The van der Waals surface area contributed by atoms with E-state index in [2.05, 4.69) is 129 Å². The molecule has 0 saturated heterocycles. The van der Waals surface area contributed by atoms with Crippen LogP contribution in [0.2, 0.25) is 0 Å². The SMILES string of the molecule is c1ccc(CCn2c(CSc3nnc(SCc4nc5ccccc5n4CCc4ccccc4)s3)nc3ccccc32)cc1. The summed E-state index contributed by atoms with van der Waals surface area (Å²) >= 11 is 5.06. The summed E-state index contributed by atoms with van der Waals surface area (Å²) in [7, 11) is 0. The Labute approximate surface area is 263 Å². The number of aryl methyl sites for hydroxylation is 4. The van der Waals surface area contributed by atoms with Gasteiger partial charge in [0.15, 0.2) is 8.68 Å². The van der Waals surface area contributed by atoms with Gasteiger partial charge in [-0.15, -0.1) is 10.2 Å². The lowest BCUT2D eigenvalue weighted by atomic mass is 10.1. The Morgan fingerprint density at radius 2 is 0.930 bits per heavy atom. The lowest BCUT2D eigenvalue weighted by Crippen LogP contribution is -2.05. The van der Waals surface area contributed by atoms with E-state index in [1.807, 2.05) is 0 Å². The van der Waals surface area contributed by atoms with Crippen molar-refractivity contribution in [3.63, 3.8) is 0 Å². The summed E-state index contributed by atoms with van der Waals surface area (Å²) < 4.78 is 6.63. The van der Waals surface area contributed by atoms with Crippen LogP contribution in [-0.4, -0.2) is 29.3 Å². The Kier molecular flexibility index (Phi) is 8.53. The van der Waals surface area contributed by atoms with Crippen LogP contribution in [0.5, 0.6) is 0 Å². The quantitative estimate of drug-likeness (QED) is 0.128. The van der Waals surface area contributed by atoms with Gasteiger partial charge in [-0.05, 0) is 48.2 Å². The standard InChI is InChI=1S/C34H30N6S3/c1-3-11-25(12-4-1)19-21-39-29-17-9-7-15-27(29)35-31(39)23-41-33-37-38-34(43-33)42-24-32-36-28-16-8-10-18-30(28)40(32)22-20-26-13-5-2-6-14-26/h1-18H,19-24H2. The zero-order valence-electron chi connectivity index (χ0n) is 23.5. The van der Waals surface area contributed by atoms with Crippen LogP contribution in [0.1, 0.15) is 22.8 Å². The molecule has 6 nitrogen and oxygen atoms in total. The molecule has 0 aliphatic heterocycles. The summed E-state index contributed by atoms with van der Waals surface area (Å²) in [5.74, 6) is 3.63. The van der Waals surface area contributed by atoms with Crippen molar-refractivity contribution in [1.82, 2.24) is 29.3 Å². The second-order valence-electron chi connectivity index (χ2n) is 10.2. The lowest BCUT2D eigenvalue weighted by molar-refractivity contribution is 0.688. The van der Waals surface area contributed by atoms with Crippen molar-refractivity contribution in [2.45, 2.75) is 46.1 Å². The molecule has 0 saturated carbocycles. The van der Waals surface area contributed by atoms with Crippen LogP contribution in [0.25, 0.3) is 22.1 Å². The third kappa shape index (κ3) is 6.54. The summed E-state index contributed by atoms with van der Waals surface area (Å²) in [6, 6.07) is 38.1. The van der Waals surface area contributed by atoms with Crippen molar-refractivity contribution in [3.8, 4) is 0 Å². The van der Waals surface area contributed by atoms with Gasteiger partial charge in [0.25, 0.3) is 0 Å². The molecule has 0 spiro atoms. The zero-order valence-corrected chi connectivity index (χ0v) is 26.0. The molecule has 0 aliphatic carbocycles. The van der Waals surface area contributed by atoms with E-state index in [1.54, 1.807) is 34.9 Å². The number of rotatable bonds is 12. The Morgan fingerprint density at radius 1 is 0.512 bits per heavy atom. The molecule has 43 heavy (non-hydrogen) atoms. The Balaban J connectivity index is 1.02. The maximum atomic E-state index is 4.97. The molecule has 0 amide bonds. The van der Waals surface area contributed by atoms with Crippen LogP contribution >= 0.6 is 34.9 Å². The Morgan fingerprint density at radius 3 is 1.40 bits per heavy atom. The molecule has 4 aromatic carbocycles. The van der Waals surface area contributed by atoms with Crippen LogP contribution < -0.4 is 0 Å². The largest absolute Gasteiger partial charge is 0.327 e. The third-order valence-electron chi connectivity index (χ3n) is 7.44. The summed E-state index contributed by atoms with van der Waals surface area (Å²) in [5.41, 5.74) is 7.09. The normalized spacial score (nSPS) is 11.5. The summed E-state index contributed by atoms with van der Waals surface area (Å²) in [5, 5.41) is 9.02. The fourth-order valence-corrected chi connectivity index (χ4v) is 8.22. The highest BCUT2D eigenvalue weighted by Crippen LogP contribution is 2.33. The average molecular weight is 619 g/mol. The van der Waals surface area contributed by atoms with Gasteiger partial charge in [0.1, 0.15) is 11.6 Å². The molecule has 0 radical (unpaired) electrons. The number of imidazole rings is 2. The topological polar surface area (TPSA) is 61.4 Å². The highest BCUT2D eigenvalue weighted by atomic mass is 32.2. The van der Waals surface area contributed by atoms with Crippen molar-refractivity contribution >= 4 is 56.9 Å². The molecule has 0 N–H and O–H groups in total. The third-order valence-corrected chi connectivity index (χ3v) is 10.6. The maximum Gasteiger partial charge on any atom is 0.175 e. The first-order chi connectivity index (χ1) is 21.3.